The number of rotatable bonds is 4. The van der Waals surface area contributed by atoms with E-state index in [-0.39, 0.29) is 5.78 Å². The maximum Gasteiger partial charge on any atom is 0.248 e. The number of carbonyl (C=O) groups excluding carboxylic acids is 2. The van der Waals surface area contributed by atoms with E-state index in [0.717, 1.165) is 11.1 Å². The van der Waals surface area contributed by atoms with Crippen LogP contribution in [0.4, 0.5) is 0 Å². The van der Waals surface area contributed by atoms with Crippen LogP contribution in [-0.2, 0) is 6.42 Å². The second-order valence-corrected chi connectivity index (χ2v) is 4.45. The second kappa shape index (κ2) is 4.93. The molecule has 0 aliphatic rings. The summed E-state index contributed by atoms with van der Waals surface area (Å²) in [5.41, 5.74) is 7.20. The van der Waals surface area contributed by atoms with Crippen LogP contribution in [0.3, 0.4) is 0 Å². The van der Waals surface area contributed by atoms with Crippen LogP contribution in [0.25, 0.3) is 0 Å². The van der Waals surface area contributed by atoms with Gasteiger partial charge < -0.3 is 5.73 Å². The Labute approximate surface area is 103 Å². The number of Topliss-reactive ketones (excluding diaryl/α,β-unsaturated/α-hetero) is 1. The number of carbonyl (C=O) groups is 2. The van der Waals surface area contributed by atoms with Gasteiger partial charge >= 0.3 is 0 Å². The molecule has 1 amide bonds. The highest BCUT2D eigenvalue weighted by atomic mass is 32.1. The highest BCUT2D eigenvalue weighted by Crippen LogP contribution is 2.11. The first-order valence-corrected chi connectivity index (χ1v) is 6.05. The molecule has 2 aromatic rings. The number of hydrogen-bond acceptors (Lipinski definition) is 3. The predicted octanol–water partition coefficient (Wildman–Crippen LogP) is 2.27. The zero-order chi connectivity index (χ0) is 12.3. The van der Waals surface area contributed by atoms with Crippen molar-refractivity contribution in [2.75, 3.05) is 0 Å². The summed E-state index contributed by atoms with van der Waals surface area (Å²) in [6, 6.07) is 8.59. The van der Waals surface area contributed by atoms with Crippen molar-refractivity contribution in [3.63, 3.8) is 0 Å². The first kappa shape index (κ1) is 11.5. The van der Waals surface area contributed by atoms with E-state index >= 15 is 0 Å². The molecule has 2 rings (SSSR count). The van der Waals surface area contributed by atoms with Crippen molar-refractivity contribution in [2.45, 2.75) is 6.42 Å². The first-order valence-electron chi connectivity index (χ1n) is 5.11. The lowest BCUT2D eigenvalue weighted by molar-refractivity contribution is 0.0989. The highest BCUT2D eigenvalue weighted by Gasteiger charge is 2.07. The summed E-state index contributed by atoms with van der Waals surface area (Å²) in [4.78, 5) is 22.7. The third-order valence-corrected chi connectivity index (χ3v) is 3.13. The quantitative estimate of drug-likeness (QED) is 0.840. The molecule has 0 saturated heterocycles. The molecule has 2 N–H and O–H groups in total. The standard InChI is InChI=1S/C13H11NO2S/c14-13(16)10-3-1-9(2-4-10)7-12(15)11-5-6-17-8-11/h1-6,8H,7H2,(H2,14,16). The van der Waals surface area contributed by atoms with Crippen LogP contribution in [-0.4, -0.2) is 11.7 Å². The second-order valence-electron chi connectivity index (χ2n) is 3.67. The third-order valence-electron chi connectivity index (χ3n) is 2.45. The summed E-state index contributed by atoms with van der Waals surface area (Å²) in [6.45, 7) is 0. The molecule has 0 radical (unpaired) electrons. The van der Waals surface area contributed by atoms with Gasteiger partial charge in [0.25, 0.3) is 0 Å². The van der Waals surface area contributed by atoms with Crippen LogP contribution < -0.4 is 5.73 Å². The Hall–Kier alpha value is -1.94. The van der Waals surface area contributed by atoms with Gasteiger partial charge in [0.2, 0.25) is 5.91 Å². The average molecular weight is 245 g/mol. The first-order chi connectivity index (χ1) is 8.16. The van der Waals surface area contributed by atoms with E-state index in [0.29, 0.717) is 12.0 Å². The van der Waals surface area contributed by atoms with Gasteiger partial charge in [-0.05, 0) is 29.1 Å². The SMILES string of the molecule is NC(=O)c1ccc(CC(=O)c2ccsc2)cc1. The summed E-state index contributed by atoms with van der Waals surface area (Å²) in [6.07, 6.45) is 0.343. The van der Waals surface area contributed by atoms with E-state index < -0.39 is 5.91 Å². The van der Waals surface area contributed by atoms with Crippen molar-refractivity contribution in [2.24, 2.45) is 5.73 Å². The minimum atomic E-state index is -0.458. The summed E-state index contributed by atoms with van der Waals surface area (Å²) in [5.74, 6) is -0.376. The minimum Gasteiger partial charge on any atom is -0.366 e. The van der Waals surface area contributed by atoms with Gasteiger partial charge in [-0.2, -0.15) is 11.3 Å². The molecule has 0 spiro atoms. The van der Waals surface area contributed by atoms with E-state index in [1.807, 2.05) is 16.8 Å². The molecule has 86 valence electrons. The van der Waals surface area contributed by atoms with Gasteiger partial charge in [0.05, 0.1) is 0 Å². The van der Waals surface area contributed by atoms with Crippen LogP contribution in [0, 0.1) is 0 Å². The molecule has 0 saturated carbocycles. The predicted molar refractivity (Wildman–Crippen MR) is 67.3 cm³/mol. The minimum absolute atomic E-state index is 0.0816. The molecule has 0 aliphatic carbocycles. The Balaban J connectivity index is 2.09. The van der Waals surface area contributed by atoms with E-state index in [4.69, 9.17) is 5.73 Å². The Morgan fingerprint density at radius 3 is 2.29 bits per heavy atom. The molecule has 3 nitrogen and oxygen atoms in total. The van der Waals surface area contributed by atoms with E-state index in [1.165, 1.54) is 11.3 Å². The lowest BCUT2D eigenvalue weighted by Gasteiger charge is -2.00. The number of benzene rings is 1. The molecule has 0 bridgehead atoms. The lowest BCUT2D eigenvalue weighted by atomic mass is 10.0. The smallest absolute Gasteiger partial charge is 0.248 e. The summed E-state index contributed by atoms with van der Waals surface area (Å²) in [7, 11) is 0. The van der Waals surface area contributed by atoms with E-state index in [1.54, 1.807) is 24.3 Å². The fourth-order valence-electron chi connectivity index (χ4n) is 1.50. The highest BCUT2D eigenvalue weighted by molar-refractivity contribution is 7.08. The van der Waals surface area contributed by atoms with Crippen molar-refractivity contribution in [3.8, 4) is 0 Å². The molecule has 1 aromatic carbocycles. The van der Waals surface area contributed by atoms with Crippen molar-refractivity contribution in [3.05, 3.63) is 57.8 Å². The number of nitrogens with two attached hydrogens (primary N) is 1. The topological polar surface area (TPSA) is 60.2 Å². The maximum atomic E-state index is 11.8. The fraction of sp³-hybridized carbons (Fsp3) is 0.0769. The molecule has 0 atom stereocenters. The lowest BCUT2D eigenvalue weighted by Crippen LogP contribution is -2.11. The van der Waals surface area contributed by atoms with Crippen molar-refractivity contribution < 1.29 is 9.59 Å². The fourth-order valence-corrected chi connectivity index (χ4v) is 2.16. The number of hydrogen-bond donors (Lipinski definition) is 1. The van der Waals surface area contributed by atoms with Crippen molar-refractivity contribution in [1.82, 2.24) is 0 Å². The monoisotopic (exact) mass is 245 g/mol. The summed E-state index contributed by atoms with van der Waals surface area (Å²) in [5, 5.41) is 3.71. The van der Waals surface area contributed by atoms with Crippen molar-refractivity contribution in [1.29, 1.82) is 0 Å². The van der Waals surface area contributed by atoms with Crippen LogP contribution in [0.15, 0.2) is 41.1 Å². The molecule has 1 aromatic heterocycles. The average Bonchev–Trinajstić information content (AvgIpc) is 2.83. The van der Waals surface area contributed by atoms with Crippen LogP contribution in [0.1, 0.15) is 26.3 Å². The molecule has 0 fully saturated rings. The van der Waals surface area contributed by atoms with Gasteiger partial charge in [0, 0.05) is 22.9 Å². The van der Waals surface area contributed by atoms with Gasteiger partial charge in [0.1, 0.15) is 0 Å². The maximum absolute atomic E-state index is 11.8. The van der Waals surface area contributed by atoms with Gasteiger partial charge in [0.15, 0.2) is 5.78 Å². The molecular weight excluding hydrogens is 234 g/mol. The Morgan fingerprint density at radius 2 is 1.76 bits per heavy atom. The largest absolute Gasteiger partial charge is 0.366 e. The molecule has 4 heteroatoms. The number of amides is 1. The van der Waals surface area contributed by atoms with Crippen molar-refractivity contribution >= 4 is 23.0 Å². The Bertz CT molecular complexity index is 529. The zero-order valence-electron chi connectivity index (χ0n) is 9.05. The molecule has 17 heavy (non-hydrogen) atoms. The van der Waals surface area contributed by atoms with E-state index in [2.05, 4.69) is 0 Å². The number of primary amides is 1. The summed E-state index contributed by atoms with van der Waals surface area (Å²) >= 11 is 1.50. The number of thiophene rings is 1. The molecule has 1 heterocycles. The number of ketones is 1. The molecule has 0 unspecified atom stereocenters. The van der Waals surface area contributed by atoms with Crippen LogP contribution >= 0.6 is 11.3 Å². The van der Waals surface area contributed by atoms with Gasteiger partial charge in [-0.3, -0.25) is 9.59 Å². The van der Waals surface area contributed by atoms with Crippen LogP contribution in [0.2, 0.25) is 0 Å². The third kappa shape index (κ3) is 2.79. The summed E-state index contributed by atoms with van der Waals surface area (Å²) < 4.78 is 0. The Kier molecular flexibility index (Phi) is 3.35. The van der Waals surface area contributed by atoms with E-state index in [9.17, 15) is 9.59 Å². The molecule has 0 aliphatic heterocycles. The Morgan fingerprint density at radius 1 is 1.06 bits per heavy atom. The molecular formula is C13H11NO2S. The normalized spacial score (nSPS) is 10.1. The van der Waals surface area contributed by atoms with Gasteiger partial charge in [-0.25, -0.2) is 0 Å². The zero-order valence-corrected chi connectivity index (χ0v) is 9.87. The van der Waals surface area contributed by atoms with Crippen LogP contribution in [0.5, 0.6) is 0 Å². The van der Waals surface area contributed by atoms with Gasteiger partial charge in [-0.15, -0.1) is 0 Å². The van der Waals surface area contributed by atoms with Gasteiger partial charge in [-0.1, -0.05) is 12.1 Å².